The lowest BCUT2D eigenvalue weighted by Gasteiger charge is -2.31. The molecule has 1 fully saturated rings. The average Bonchev–Trinajstić information content (AvgIpc) is 2.47. The Kier molecular flexibility index (Phi) is 4.31. The van der Waals surface area contributed by atoms with Gasteiger partial charge < -0.3 is 10.2 Å². The van der Waals surface area contributed by atoms with Crippen molar-refractivity contribution in [2.24, 2.45) is 5.92 Å². The number of aromatic nitrogens is 1. The molecule has 0 aliphatic carbocycles. The average molecular weight is 247 g/mol. The van der Waals surface area contributed by atoms with Crippen LogP contribution in [0.5, 0.6) is 0 Å². The Morgan fingerprint density at radius 1 is 1.39 bits per heavy atom. The molecule has 0 saturated carbocycles. The fraction of sp³-hybridized carbons (Fsp3) is 0.571. The second-order valence-electron chi connectivity index (χ2n) is 4.93. The van der Waals surface area contributed by atoms with Gasteiger partial charge in [-0.3, -0.25) is 9.78 Å². The van der Waals surface area contributed by atoms with Crippen LogP contribution in [-0.2, 0) is 4.79 Å². The number of rotatable bonds is 3. The number of carbonyl (C=O) groups is 1. The van der Waals surface area contributed by atoms with Gasteiger partial charge in [-0.15, -0.1) is 0 Å². The zero-order chi connectivity index (χ0) is 13.0. The lowest BCUT2D eigenvalue weighted by atomic mass is 9.95. The minimum atomic E-state index is 0.107. The maximum Gasteiger partial charge on any atom is 0.226 e. The van der Waals surface area contributed by atoms with Crippen LogP contribution in [0.1, 0.15) is 31.4 Å². The van der Waals surface area contributed by atoms with Crippen molar-refractivity contribution >= 4 is 5.91 Å². The van der Waals surface area contributed by atoms with Crippen molar-refractivity contribution in [3.8, 4) is 0 Å². The largest absolute Gasteiger partial charge is 0.339 e. The molecule has 2 rings (SSSR count). The van der Waals surface area contributed by atoms with Crippen LogP contribution < -0.4 is 5.32 Å². The molecular formula is C14H21N3O. The monoisotopic (exact) mass is 247 g/mol. The summed E-state index contributed by atoms with van der Waals surface area (Å²) in [6.45, 7) is 3.97. The number of carbonyl (C=O) groups excluding carboxylic acids is 1. The first-order valence-corrected chi connectivity index (χ1v) is 6.57. The molecule has 0 bridgehead atoms. The van der Waals surface area contributed by atoms with Gasteiger partial charge in [0.25, 0.3) is 0 Å². The first-order chi connectivity index (χ1) is 8.70. The molecule has 1 N–H and O–H groups in total. The smallest absolute Gasteiger partial charge is 0.226 e. The van der Waals surface area contributed by atoms with E-state index < -0.39 is 0 Å². The van der Waals surface area contributed by atoms with E-state index in [1.54, 1.807) is 12.4 Å². The summed E-state index contributed by atoms with van der Waals surface area (Å²) < 4.78 is 0. The number of nitrogens with zero attached hydrogens (tertiary/aromatic N) is 2. The van der Waals surface area contributed by atoms with Crippen LogP contribution in [0.15, 0.2) is 24.5 Å². The van der Waals surface area contributed by atoms with Gasteiger partial charge in [0.1, 0.15) is 0 Å². The second-order valence-corrected chi connectivity index (χ2v) is 4.93. The summed E-state index contributed by atoms with van der Waals surface area (Å²) in [5, 5.41) is 3.29. The van der Waals surface area contributed by atoms with E-state index in [1.807, 2.05) is 24.1 Å². The Morgan fingerprint density at radius 3 is 2.61 bits per heavy atom. The van der Waals surface area contributed by atoms with Gasteiger partial charge in [0.15, 0.2) is 0 Å². The van der Waals surface area contributed by atoms with E-state index in [2.05, 4.69) is 17.2 Å². The minimum Gasteiger partial charge on any atom is -0.339 e. The summed E-state index contributed by atoms with van der Waals surface area (Å²) >= 11 is 0. The molecule has 1 aromatic heterocycles. The number of amides is 1. The maximum atomic E-state index is 12.4. The zero-order valence-electron chi connectivity index (χ0n) is 11.1. The van der Waals surface area contributed by atoms with Crippen LogP contribution in [0.2, 0.25) is 0 Å². The summed E-state index contributed by atoms with van der Waals surface area (Å²) in [6.07, 6.45) is 5.45. The summed E-state index contributed by atoms with van der Waals surface area (Å²) in [5.41, 5.74) is 1.13. The number of hydrogen-bond donors (Lipinski definition) is 1. The van der Waals surface area contributed by atoms with Crippen molar-refractivity contribution in [1.82, 2.24) is 15.2 Å². The van der Waals surface area contributed by atoms with Crippen LogP contribution in [-0.4, -0.2) is 35.9 Å². The third-order valence-corrected chi connectivity index (χ3v) is 3.81. The van der Waals surface area contributed by atoms with Crippen molar-refractivity contribution in [3.05, 3.63) is 30.1 Å². The van der Waals surface area contributed by atoms with E-state index >= 15 is 0 Å². The molecule has 0 aromatic carbocycles. The SMILES string of the molecule is CC(c1ccncc1)N(C)C(=O)C1CCNCC1. The highest BCUT2D eigenvalue weighted by Gasteiger charge is 2.26. The molecule has 4 heteroatoms. The van der Waals surface area contributed by atoms with Gasteiger partial charge in [0, 0.05) is 25.4 Å². The van der Waals surface area contributed by atoms with Gasteiger partial charge in [-0.05, 0) is 50.6 Å². The Labute approximate surface area is 108 Å². The lowest BCUT2D eigenvalue weighted by Crippen LogP contribution is -2.40. The molecule has 1 aliphatic heterocycles. The quantitative estimate of drug-likeness (QED) is 0.882. The van der Waals surface area contributed by atoms with Crippen LogP contribution in [0, 0.1) is 5.92 Å². The van der Waals surface area contributed by atoms with Gasteiger partial charge in [0.05, 0.1) is 6.04 Å². The highest BCUT2D eigenvalue weighted by Crippen LogP contribution is 2.22. The summed E-state index contributed by atoms with van der Waals surface area (Å²) in [4.78, 5) is 18.3. The minimum absolute atomic E-state index is 0.107. The van der Waals surface area contributed by atoms with Crippen LogP contribution >= 0.6 is 0 Å². The normalized spacial score (nSPS) is 18.3. The lowest BCUT2D eigenvalue weighted by molar-refractivity contribution is -0.137. The number of piperidine rings is 1. The zero-order valence-corrected chi connectivity index (χ0v) is 11.1. The topological polar surface area (TPSA) is 45.2 Å². The second kappa shape index (κ2) is 5.96. The summed E-state index contributed by atoms with van der Waals surface area (Å²) in [7, 11) is 1.90. The van der Waals surface area contributed by atoms with Gasteiger partial charge in [-0.2, -0.15) is 0 Å². The molecule has 0 spiro atoms. The van der Waals surface area contributed by atoms with Gasteiger partial charge in [-0.25, -0.2) is 0 Å². The molecule has 98 valence electrons. The van der Waals surface area contributed by atoms with Crippen molar-refractivity contribution in [2.45, 2.75) is 25.8 Å². The third-order valence-electron chi connectivity index (χ3n) is 3.81. The van der Waals surface area contributed by atoms with Crippen molar-refractivity contribution in [3.63, 3.8) is 0 Å². The Hall–Kier alpha value is -1.42. The number of hydrogen-bond acceptors (Lipinski definition) is 3. The third kappa shape index (κ3) is 2.88. The van der Waals surface area contributed by atoms with Crippen molar-refractivity contribution in [1.29, 1.82) is 0 Å². The van der Waals surface area contributed by atoms with E-state index in [0.29, 0.717) is 0 Å². The molecule has 1 saturated heterocycles. The summed E-state index contributed by atoms with van der Waals surface area (Å²) in [6, 6.07) is 4.05. The van der Waals surface area contributed by atoms with Gasteiger partial charge in [0.2, 0.25) is 5.91 Å². The predicted octanol–water partition coefficient (Wildman–Crippen LogP) is 1.60. The Balaban J connectivity index is 2.01. The fourth-order valence-electron chi connectivity index (χ4n) is 2.41. The highest BCUT2D eigenvalue weighted by atomic mass is 16.2. The van der Waals surface area contributed by atoms with Crippen LogP contribution in [0.25, 0.3) is 0 Å². The molecule has 2 heterocycles. The molecule has 4 nitrogen and oxygen atoms in total. The van der Waals surface area contributed by atoms with E-state index in [1.165, 1.54) is 0 Å². The van der Waals surface area contributed by atoms with Crippen molar-refractivity contribution in [2.75, 3.05) is 20.1 Å². The molecular weight excluding hydrogens is 226 g/mol. The first-order valence-electron chi connectivity index (χ1n) is 6.57. The van der Waals surface area contributed by atoms with Crippen molar-refractivity contribution < 1.29 is 4.79 Å². The van der Waals surface area contributed by atoms with E-state index in [0.717, 1.165) is 31.5 Å². The molecule has 18 heavy (non-hydrogen) atoms. The first kappa shape index (κ1) is 13.0. The molecule has 1 amide bonds. The molecule has 1 atom stereocenters. The maximum absolute atomic E-state index is 12.4. The summed E-state index contributed by atoms with van der Waals surface area (Å²) in [5.74, 6) is 0.446. The molecule has 1 unspecified atom stereocenters. The molecule has 1 aromatic rings. The number of nitrogens with one attached hydrogen (secondary N) is 1. The van der Waals surface area contributed by atoms with E-state index in [9.17, 15) is 4.79 Å². The predicted molar refractivity (Wildman–Crippen MR) is 71.0 cm³/mol. The molecule has 1 aliphatic rings. The van der Waals surface area contributed by atoms with E-state index in [-0.39, 0.29) is 17.9 Å². The van der Waals surface area contributed by atoms with E-state index in [4.69, 9.17) is 0 Å². The standard InChI is InChI=1S/C14H21N3O/c1-11(12-3-7-15-8-4-12)17(2)14(18)13-5-9-16-10-6-13/h3-4,7-8,11,13,16H,5-6,9-10H2,1-2H3. The number of pyridine rings is 1. The van der Waals surface area contributed by atoms with Gasteiger partial charge in [-0.1, -0.05) is 0 Å². The van der Waals surface area contributed by atoms with Crippen LogP contribution in [0.4, 0.5) is 0 Å². The van der Waals surface area contributed by atoms with Gasteiger partial charge >= 0.3 is 0 Å². The Morgan fingerprint density at radius 2 is 2.00 bits per heavy atom. The highest BCUT2D eigenvalue weighted by molar-refractivity contribution is 5.79. The molecule has 0 radical (unpaired) electrons. The Bertz CT molecular complexity index is 387. The fourth-order valence-corrected chi connectivity index (χ4v) is 2.41. The van der Waals surface area contributed by atoms with Crippen LogP contribution in [0.3, 0.4) is 0 Å².